The summed E-state index contributed by atoms with van der Waals surface area (Å²) in [5.74, 6) is -5.64. The smallest absolute Gasteiger partial charge is 0.416 e. The fourth-order valence-corrected chi connectivity index (χ4v) is 4.04. The fourth-order valence-electron chi connectivity index (χ4n) is 4.04. The quantitative estimate of drug-likeness (QED) is 0.586. The van der Waals surface area contributed by atoms with Gasteiger partial charge in [0.2, 0.25) is 11.8 Å². The fraction of sp³-hybridized carbons (Fsp3) is 0.240. The monoisotopic (exact) mass is 496 g/mol. The Morgan fingerprint density at radius 2 is 1.78 bits per heavy atom. The van der Waals surface area contributed by atoms with Gasteiger partial charge in [-0.25, -0.2) is 0 Å². The molecule has 2 aromatic rings. The van der Waals surface area contributed by atoms with Crippen LogP contribution in [0.25, 0.3) is 0 Å². The Bertz CT molecular complexity index is 1320. The molecular weight excluding hydrogens is 477 g/mol. The predicted octanol–water partition coefficient (Wildman–Crippen LogP) is 3.71. The van der Waals surface area contributed by atoms with Gasteiger partial charge in [-0.2, -0.15) is 23.7 Å². The summed E-state index contributed by atoms with van der Waals surface area (Å²) < 4.78 is 40.0. The topological polar surface area (TPSA) is 134 Å². The molecule has 0 radical (unpaired) electrons. The summed E-state index contributed by atoms with van der Waals surface area (Å²) in [4.78, 5) is 38.6. The van der Waals surface area contributed by atoms with Crippen LogP contribution >= 0.6 is 0 Å². The molecular formula is C25H19F3N4O4. The number of hydrogen-bond donors (Lipinski definition) is 2. The number of carboxylic acids is 1. The number of aliphatic carboxylic acids is 1. The molecule has 0 aliphatic carbocycles. The molecule has 0 spiro atoms. The van der Waals surface area contributed by atoms with E-state index in [9.17, 15) is 32.8 Å². The van der Waals surface area contributed by atoms with Gasteiger partial charge in [-0.1, -0.05) is 18.2 Å². The van der Waals surface area contributed by atoms with E-state index >= 15 is 0 Å². The SMILES string of the molecule is CC1=C(C#N)C(c2ccc(C#N)cc2)C(C(=O)NCCC(=O)O)C(=O)N1c1cccc(C(F)(F)F)c1. The van der Waals surface area contributed by atoms with Gasteiger partial charge in [0.05, 0.1) is 35.3 Å². The standard InChI is InChI=1S/C25H19F3N4O4/c1-14-19(13-30)21(16-7-5-15(12-29)6-8-16)22(23(35)31-10-9-20(33)34)24(36)32(14)18-4-2-3-17(11-18)25(26,27)28/h2-8,11,21-22H,9-10H2,1H3,(H,31,35)(H,33,34). The van der Waals surface area contributed by atoms with E-state index in [1.165, 1.54) is 37.3 Å². The maximum absolute atomic E-state index is 13.7. The number of carboxylic acid groups (broad SMARTS) is 1. The minimum absolute atomic E-state index is 0.0323. The van der Waals surface area contributed by atoms with Crippen LogP contribution in [0.3, 0.4) is 0 Å². The number of nitrogens with one attached hydrogen (secondary N) is 1. The first-order valence-electron chi connectivity index (χ1n) is 10.6. The summed E-state index contributed by atoms with van der Waals surface area (Å²) in [7, 11) is 0. The molecule has 1 aliphatic heterocycles. The van der Waals surface area contributed by atoms with Gasteiger partial charge in [-0.15, -0.1) is 0 Å². The van der Waals surface area contributed by atoms with Gasteiger partial charge in [0.25, 0.3) is 0 Å². The van der Waals surface area contributed by atoms with Gasteiger partial charge < -0.3 is 10.4 Å². The number of amides is 2. The van der Waals surface area contributed by atoms with Crippen LogP contribution < -0.4 is 10.2 Å². The largest absolute Gasteiger partial charge is 0.481 e. The third-order valence-corrected chi connectivity index (χ3v) is 5.73. The number of hydrogen-bond acceptors (Lipinski definition) is 5. The maximum Gasteiger partial charge on any atom is 0.416 e. The van der Waals surface area contributed by atoms with E-state index in [1.807, 2.05) is 12.1 Å². The lowest BCUT2D eigenvalue weighted by atomic mass is 9.75. The molecule has 36 heavy (non-hydrogen) atoms. The van der Waals surface area contributed by atoms with Gasteiger partial charge in [0.15, 0.2) is 0 Å². The number of carbonyl (C=O) groups is 3. The Hall–Kier alpha value is -4.64. The summed E-state index contributed by atoms with van der Waals surface area (Å²) in [5.41, 5.74) is -0.521. The van der Waals surface area contributed by atoms with Crippen LogP contribution in [0.4, 0.5) is 18.9 Å². The van der Waals surface area contributed by atoms with E-state index in [-0.39, 0.29) is 23.5 Å². The molecule has 0 aromatic heterocycles. The van der Waals surface area contributed by atoms with E-state index in [1.54, 1.807) is 0 Å². The zero-order valence-electron chi connectivity index (χ0n) is 18.8. The summed E-state index contributed by atoms with van der Waals surface area (Å²) in [6.45, 7) is 1.10. The minimum Gasteiger partial charge on any atom is -0.481 e. The van der Waals surface area contributed by atoms with Gasteiger partial charge in [-0.3, -0.25) is 19.3 Å². The van der Waals surface area contributed by atoms with Gasteiger partial charge in [0, 0.05) is 23.8 Å². The zero-order chi connectivity index (χ0) is 26.6. The molecule has 1 heterocycles. The minimum atomic E-state index is -4.69. The van der Waals surface area contributed by atoms with E-state index in [0.29, 0.717) is 11.1 Å². The molecule has 0 fully saturated rings. The van der Waals surface area contributed by atoms with Gasteiger partial charge >= 0.3 is 12.1 Å². The van der Waals surface area contributed by atoms with Gasteiger partial charge in [0.1, 0.15) is 5.92 Å². The number of anilines is 1. The Labute approximate surface area is 203 Å². The van der Waals surface area contributed by atoms with Crippen molar-refractivity contribution in [3.8, 4) is 12.1 Å². The Morgan fingerprint density at radius 3 is 2.33 bits per heavy atom. The molecule has 11 heteroatoms. The van der Waals surface area contributed by atoms with Crippen LogP contribution in [0.1, 0.15) is 36.0 Å². The zero-order valence-corrected chi connectivity index (χ0v) is 18.8. The number of allylic oxidation sites excluding steroid dienone is 2. The van der Waals surface area contributed by atoms with Crippen molar-refractivity contribution < 1.29 is 32.7 Å². The first-order chi connectivity index (χ1) is 17.0. The molecule has 184 valence electrons. The summed E-state index contributed by atoms with van der Waals surface area (Å²) in [6.07, 6.45) is -5.12. The second kappa shape index (κ2) is 10.3. The number of nitriles is 2. The molecule has 2 N–H and O–H groups in total. The van der Waals surface area contributed by atoms with Crippen molar-refractivity contribution >= 4 is 23.5 Å². The van der Waals surface area contributed by atoms with Crippen molar-refractivity contribution in [3.05, 3.63) is 76.5 Å². The van der Waals surface area contributed by atoms with Crippen LogP contribution in [0.2, 0.25) is 0 Å². The molecule has 3 rings (SSSR count). The molecule has 2 amide bonds. The first-order valence-corrected chi connectivity index (χ1v) is 10.6. The second-order valence-electron chi connectivity index (χ2n) is 7.96. The second-order valence-corrected chi connectivity index (χ2v) is 7.96. The van der Waals surface area contributed by atoms with Crippen LogP contribution in [0.5, 0.6) is 0 Å². The third-order valence-electron chi connectivity index (χ3n) is 5.73. The Kier molecular flexibility index (Phi) is 7.45. The number of halogens is 3. The highest BCUT2D eigenvalue weighted by molar-refractivity contribution is 6.12. The van der Waals surface area contributed by atoms with Crippen LogP contribution in [0, 0.1) is 28.6 Å². The summed E-state index contributed by atoms with van der Waals surface area (Å²) >= 11 is 0. The van der Waals surface area contributed by atoms with Crippen LogP contribution in [-0.2, 0) is 20.6 Å². The molecule has 2 aromatic carbocycles. The van der Waals surface area contributed by atoms with Crippen molar-refractivity contribution in [2.45, 2.75) is 25.4 Å². The molecule has 0 saturated carbocycles. The molecule has 0 bridgehead atoms. The normalized spacial score (nSPS) is 17.8. The van der Waals surface area contributed by atoms with E-state index in [0.717, 1.165) is 23.1 Å². The molecule has 2 atom stereocenters. The van der Waals surface area contributed by atoms with Crippen molar-refractivity contribution in [3.63, 3.8) is 0 Å². The third kappa shape index (κ3) is 5.20. The number of alkyl halides is 3. The van der Waals surface area contributed by atoms with Crippen molar-refractivity contribution in [2.24, 2.45) is 5.92 Å². The first kappa shape index (κ1) is 26.0. The van der Waals surface area contributed by atoms with Crippen LogP contribution in [0.15, 0.2) is 59.8 Å². The average molecular weight is 496 g/mol. The van der Waals surface area contributed by atoms with E-state index in [4.69, 9.17) is 10.4 Å². The number of nitrogens with zero attached hydrogens (tertiary/aromatic N) is 3. The summed E-state index contributed by atoms with van der Waals surface area (Å²) in [5, 5.41) is 30.3. The van der Waals surface area contributed by atoms with E-state index < -0.39 is 47.8 Å². The number of rotatable bonds is 6. The van der Waals surface area contributed by atoms with Crippen molar-refractivity contribution in [2.75, 3.05) is 11.4 Å². The van der Waals surface area contributed by atoms with Crippen molar-refractivity contribution in [1.82, 2.24) is 5.32 Å². The highest BCUT2D eigenvalue weighted by Crippen LogP contribution is 2.43. The highest BCUT2D eigenvalue weighted by Gasteiger charge is 2.46. The Morgan fingerprint density at radius 1 is 1.11 bits per heavy atom. The van der Waals surface area contributed by atoms with Crippen LogP contribution in [-0.4, -0.2) is 29.4 Å². The number of carbonyl (C=O) groups excluding carboxylic acids is 2. The lowest BCUT2D eigenvalue weighted by Gasteiger charge is -2.38. The average Bonchev–Trinajstić information content (AvgIpc) is 2.83. The summed E-state index contributed by atoms with van der Waals surface area (Å²) in [6, 6.07) is 13.7. The lowest BCUT2D eigenvalue weighted by molar-refractivity contribution is -0.138. The maximum atomic E-state index is 13.7. The number of benzene rings is 2. The van der Waals surface area contributed by atoms with Gasteiger partial charge in [-0.05, 0) is 42.8 Å². The molecule has 8 nitrogen and oxygen atoms in total. The lowest BCUT2D eigenvalue weighted by Crippen LogP contribution is -2.50. The van der Waals surface area contributed by atoms with E-state index in [2.05, 4.69) is 5.32 Å². The predicted molar refractivity (Wildman–Crippen MR) is 120 cm³/mol. The molecule has 2 unspecified atom stereocenters. The molecule has 0 saturated heterocycles. The molecule has 1 aliphatic rings. The highest BCUT2D eigenvalue weighted by atomic mass is 19.4. The Balaban J connectivity index is 2.17. The van der Waals surface area contributed by atoms with Crippen molar-refractivity contribution in [1.29, 1.82) is 10.5 Å².